The monoisotopic (exact) mass is 417 g/mol. The summed E-state index contributed by atoms with van der Waals surface area (Å²) in [7, 11) is 0. The van der Waals surface area contributed by atoms with Gasteiger partial charge in [-0.3, -0.25) is 4.79 Å². The van der Waals surface area contributed by atoms with Crippen LogP contribution >= 0.6 is 0 Å². The zero-order valence-electron chi connectivity index (χ0n) is 16.3. The fourth-order valence-corrected chi connectivity index (χ4v) is 3.81. The molecule has 1 N–H and O–H groups in total. The molecule has 0 spiro atoms. The van der Waals surface area contributed by atoms with Crippen molar-refractivity contribution >= 4 is 11.6 Å². The summed E-state index contributed by atoms with van der Waals surface area (Å²) in [6, 6.07) is 4.36. The zero-order valence-corrected chi connectivity index (χ0v) is 16.3. The maximum atomic E-state index is 12.9. The van der Waals surface area contributed by atoms with Gasteiger partial charge in [0.25, 0.3) is 5.91 Å². The van der Waals surface area contributed by atoms with Crippen molar-refractivity contribution < 1.29 is 41.7 Å². The van der Waals surface area contributed by atoms with Crippen LogP contribution in [0.3, 0.4) is 0 Å². The minimum absolute atomic E-state index is 0.00538. The van der Waals surface area contributed by atoms with Crippen LogP contribution in [-0.2, 0) is 34.7 Å². The van der Waals surface area contributed by atoms with Crippen molar-refractivity contribution in [3.8, 4) is 0 Å². The van der Waals surface area contributed by atoms with E-state index in [0.717, 1.165) is 12.1 Å². The maximum absolute atomic E-state index is 12.9. The molecule has 3 aliphatic heterocycles. The lowest BCUT2D eigenvalue weighted by Gasteiger charge is -2.36. The van der Waals surface area contributed by atoms with E-state index in [1.807, 2.05) is 0 Å². The number of carbonyl (C=O) groups excluding carboxylic acids is 1. The molecule has 7 nitrogen and oxygen atoms in total. The van der Waals surface area contributed by atoms with E-state index >= 15 is 0 Å². The number of fused-ring (bicyclic) bond motifs is 3. The van der Waals surface area contributed by atoms with Crippen LogP contribution in [0, 0.1) is 0 Å². The Bertz CT molecular complexity index is 811. The summed E-state index contributed by atoms with van der Waals surface area (Å²) in [6.07, 6.45) is -8.60. The molecular formula is C19H22F3NO6. The summed E-state index contributed by atoms with van der Waals surface area (Å²) in [5, 5.41) is 2.47. The first-order valence-corrected chi connectivity index (χ1v) is 9.20. The molecule has 10 heteroatoms. The average molecular weight is 417 g/mol. The molecule has 5 atom stereocenters. The Hall–Kier alpha value is -1.72. The Morgan fingerprint density at radius 3 is 2.28 bits per heavy atom. The van der Waals surface area contributed by atoms with Gasteiger partial charge in [-0.15, -0.1) is 0 Å². The van der Waals surface area contributed by atoms with Crippen LogP contribution in [0.25, 0.3) is 0 Å². The van der Waals surface area contributed by atoms with E-state index in [1.54, 1.807) is 27.7 Å². The third-order valence-electron chi connectivity index (χ3n) is 4.87. The van der Waals surface area contributed by atoms with Crippen molar-refractivity contribution in [3.05, 3.63) is 29.8 Å². The second kappa shape index (κ2) is 6.64. The van der Waals surface area contributed by atoms with Crippen molar-refractivity contribution in [3.63, 3.8) is 0 Å². The normalized spacial score (nSPS) is 35.1. The van der Waals surface area contributed by atoms with Crippen molar-refractivity contribution in [1.29, 1.82) is 0 Å². The highest BCUT2D eigenvalue weighted by molar-refractivity contribution is 5.95. The molecule has 0 saturated carbocycles. The molecule has 3 aliphatic rings. The third kappa shape index (κ3) is 3.99. The molecular weight excluding hydrogens is 395 g/mol. The van der Waals surface area contributed by atoms with Crippen molar-refractivity contribution in [1.82, 2.24) is 0 Å². The van der Waals surface area contributed by atoms with Gasteiger partial charge >= 0.3 is 6.18 Å². The molecule has 4 rings (SSSR count). The first-order chi connectivity index (χ1) is 13.3. The van der Waals surface area contributed by atoms with Gasteiger partial charge in [0.2, 0.25) is 0 Å². The number of anilines is 1. The standard InChI is InChI=1S/C19H22F3NO6/c1-17(2)26-11-12(27-17)14-16(29-18(3,4)28-14)25-13(11)15(24)23-10-7-5-6-9(8-10)19(20,21)22/h5-8,11-14,16H,1-4H3,(H,23,24)/t11-,12+,13?,14-,16-/m1/s1. The summed E-state index contributed by atoms with van der Waals surface area (Å²) >= 11 is 0. The minimum Gasteiger partial charge on any atom is -0.342 e. The number of amides is 1. The summed E-state index contributed by atoms with van der Waals surface area (Å²) in [5.74, 6) is -2.59. The average Bonchev–Trinajstić information content (AvgIpc) is 3.07. The summed E-state index contributed by atoms with van der Waals surface area (Å²) < 4.78 is 67.9. The van der Waals surface area contributed by atoms with Gasteiger partial charge in [-0.05, 0) is 45.9 Å². The first kappa shape index (κ1) is 20.5. The lowest BCUT2D eigenvalue weighted by atomic mass is 9.98. The van der Waals surface area contributed by atoms with Gasteiger partial charge in [0.15, 0.2) is 24.0 Å². The predicted octanol–water partition coefficient (Wildman–Crippen LogP) is 3.04. The number of carbonyl (C=O) groups is 1. The summed E-state index contributed by atoms with van der Waals surface area (Å²) in [5.41, 5.74) is -0.872. The predicted molar refractivity (Wildman–Crippen MR) is 92.6 cm³/mol. The molecule has 1 amide bonds. The fourth-order valence-electron chi connectivity index (χ4n) is 3.81. The SMILES string of the molecule is CC1(C)O[C@H]2OC(C(=O)Nc3cccc(C(F)(F)F)c3)[C@@H]3OC(C)(C)O[C@@H]3[C@H]2O1. The van der Waals surface area contributed by atoms with Crippen LogP contribution < -0.4 is 5.32 Å². The summed E-state index contributed by atoms with van der Waals surface area (Å²) in [6.45, 7) is 6.82. The van der Waals surface area contributed by atoms with E-state index in [9.17, 15) is 18.0 Å². The van der Waals surface area contributed by atoms with E-state index in [1.165, 1.54) is 12.1 Å². The molecule has 3 saturated heterocycles. The number of ether oxygens (including phenoxy) is 5. The maximum Gasteiger partial charge on any atom is 0.416 e. The number of hydrogen-bond acceptors (Lipinski definition) is 6. The van der Waals surface area contributed by atoms with Crippen LogP contribution in [0.4, 0.5) is 18.9 Å². The number of alkyl halides is 3. The molecule has 160 valence electrons. The van der Waals surface area contributed by atoms with E-state index in [0.29, 0.717) is 0 Å². The van der Waals surface area contributed by atoms with E-state index in [-0.39, 0.29) is 5.69 Å². The van der Waals surface area contributed by atoms with Crippen LogP contribution in [0.1, 0.15) is 33.3 Å². The quantitative estimate of drug-likeness (QED) is 0.797. The van der Waals surface area contributed by atoms with Gasteiger partial charge in [-0.2, -0.15) is 13.2 Å². The van der Waals surface area contributed by atoms with Gasteiger partial charge in [0.1, 0.15) is 18.3 Å². The highest BCUT2D eigenvalue weighted by Crippen LogP contribution is 2.44. The van der Waals surface area contributed by atoms with E-state index < -0.39 is 59.9 Å². The van der Waals surface area contributed by atoms with Crippen LogP contribution in [0.5, 0.6) is 0 Å². The molecule has 0 radical (unpaired) electrons. The number of rotatable bonds is 2. The van der Waals surface area contributed by atoms with Crippen molar-refractivity contribution in [2.24, 2.45) is 0 Å². The van der Waals surface area contributed by atoms with Crippen LogP contribution in [-0.4, -0.2) is 48.2 Å². The van der Waals surface area contributed by atoms with Gasteiger partial charge in [0.05, 0.1) is 5.56 Å². The third-order valence-corrected chi connectivity index (χ3v) is 4.87. The molecule has 0 aromatic heterocycles. The zero-order chi connectivity index (χ0) is 21.2. The molecule has 1 aromatic rings. The largest absolute Gasteiger partial charge is 0.416 e. The van der Waals surface area contributed by atoms with Crippen molar-refractivity contribution in [2.75, 3.05) is 5.32 Å². The van der Waals surface area contributed by atoms with Gasteiger partial charge < -0.3 is 29.0 Å². The van der Waals surface area contributed by atoms with E-state index in [2.05, 4.69) is 5.32 Å². The van der Waals surface area contributed by atoms with Gasteiger partial charge in [0, 0.05) is 5.69 Å². The van der Waals surface area contributed by atoms with Crippen LogP contribution in [0.2, 0.25) is 0 Å². The second-order valence-electron chi connectivity index (χ2n) is 8.16. The molecule has 1 unspecified atom stereocenters. The first-order valence-electron chi connectivity index (χ1n) is 9.20. The Kier molecular flexibility index (Phi) is 4.71. The molecule has 29 heavy (non-hydrogen) atoms. The smallest absolute Gasteiger partial charge is 0.342 e. The van der Waals surface area contributed by atoms with E-state index in [4.69, 9.17) is 23.7 Å². The molecule has 1 aromatic carbocycles. The Morgan fingerprint density at radius 1 is 0.966 bits per heavy atom. The Balaban J connectivity index is 1.57. The lowest BCUT2D eigenvalue weighted by molar-refractivity contribution is -0.229. The molecule has 0 bridgehead atoms. The van der Waals surface area contributed by atoms with Crippen LogP contribution in [0.15, 0.2) is 24.3 Å². The number of benzene rings is 1. The number of hydrogen-bond donors (Lipinski definition) is 1. The minimum atomic E-state index is -4.52. The Labute approximate surface area is 165 Å². The topological polar surface area (TPSA) is 75.3 Å². The molecule has 3 fully saturated rings. The Morgan fingerprint density at radius 2 is 1.59 bits per heavy atom. The number of nitrogens with one attached hydrogen (secondary N) is 1. The molecule has 0 aliphatic carbocycles. The molecule has 3 heterocycles. The summed E-state index contributed by atoms with van der Waals surface area (Å²) in [4.78, 5) is 12.9. The second-order valence-corrected chi connectivity index (χ2v) is 8.16. The van der Waals surface area contributed by atoms with Gasteiger partial charge in [-0.25, -0.2) is 0 Å². The van der Waals surface area contributed by atoms with Crippen molar-refractivity contribution in [2.45, 2.75) is 76.2 Å². The van der Waals surface area contributed by atoms with Gasteiger partial charge in [-0.1, -0.05) is 6.07 Å². The highest BCUT2D eigenvalue weighted by atomic mass is 19.4. The number of halogens is 3. The lowest BCUT2D eigenvalue weighted by Crippen LogP contribution is -2.58. The highest BCUT2D eigenvalue weighted by Gasteiger charge is 2.62. The fraction of sp³-hybridized carbons (Fsp3) is 0.632.